The predicted octanol–water partition coefficient (Wildman–Crippen LogP) is 8.37. The second kappa shape index (κ2) is 9.77. The Morgan fingerprint density at radius 3 is 2.00 bits per heavy atom. The van der Waals surface area contributed by atoms with E-state index >= 15 is 0 Å². The van der Waals surface area contributed by atoms with Crippen LogP contribution in [0.25, 0.3) is 0 Å². The van der Waals surface area contributed by atoms with Gasteiger partial charge in [-0.05, 0) is 61.3 Å². The van der Waals surface area contributed by atoms with Crippen LogP contribution in [0.4, 0.5) is 0 Å². The first kappa shape index (κ1) is 22.3. The van der Waals surface area contributed by atoms with Gasteiger partial charge in [-0.2, -0.15) is 11.1 Å². The summed E-state index contributed by atoms with van der Waals surface area (Å²) >= 11 is 0. The van der Waals surface area contributed by atoms with E-state index in [1.807, 2.05) is 0 Å². The molecular formula is C29H35NP2. The normalized spacial score (nSPS) is 24.0. The van der Waals surface area contributed by atoms with Crippen molar-refractivity contribution in [3.63, 3.8) is 0 Å². The van der Waals surface area contributed by atoms with E-state index in [2.05, 4.69) is 96.3 Å². The van der Waals surface area contributed by atoms with Gasteiger partial charge in [-0.15, -0.1) is 0 Å². The van der Waals surface area contributed by atoms with Crippen molar-refractivity contribution < 1.29 is 0 Å². The molecule has 3 aromatic rings. The molecular weight excluding hydrogens is 424 g/mol. The first-order valence-electron chi connectivity index (χ1n) is 12.2. The Morgan fingerprint density at radius 1 is 0.844 bits per heavy atom. The fourth-order valence-corrected chi connectivity index (χ4v) is 15.3. The molecule has 0 aliphatic carbocycles. The largest absolute Gasteiger partial charge is 0.184 e. The van der Waals surface area contributed by atoms with Crippen LogP contribution in [0.15, 0.2) is 84.9 Å². The molecule has 2 aliphatic heterocycles. The van der Waals surface area contributed by atoms with Crippen LogP contribution >= 0.6 is 15.5 Å². The van der Waals surface area contributed by atoms with E-state index in [1.165, 1.54) is 55.9 Å². The van der Waals surface area contributed by atoms with Crippen molar-refractivity contribution in [3.8, 4) is 0 Å². The average Bonchev–Trinajstić information content (AvgIpc) is 3.42. The molecule has 0 saturated carbocycles. The lowest BCUT2D eigenvalue weighted by Gasteiger charge is -2.48. The summed E-state index contributed by atoms with van der Waals surface area (Å²) in [6, 6.07) is 31.9. The third-order valence-electron chi connectivity index (χ3n) is 7.44. The van der Waals surface area contributed by atoms with Crippen LogP contribution in [0.2, 0.25) is 0 Å². The first-order valence-corrected chi connectivity index (χ1v) is 15.7. The summed E-state index contributed by atoms with van der Waals surface area (Å²) in [5.74, 6) is 0. The molecule has 1 saturated heterocycles. The number of benzene rings is 3. The van der Waals surface area contributed by atoms with Crippen molar-refractivity contribution in [2.24, 2.45) is 0 Å². The zero-order chi connectivity index (χ0) is 22.0. The highest BCUT2D eigenvalue weighted by Crippen LogP contribution is 2.89. The summed E-state index contributed by atoms with van der Waals surface area (Å²) in [7, 11) is -2.03. The maximum Gasteiger partial charge on any atom is 0.0845 e. The van der Waals surface area contributed by atoms with Crippen LogP contribution in [0, 0.1) is 6.66 Å². The number of hydrogen-bond donors (Lipinski definition) is 0. The van der Waals surface area contributed by atoms with Gasteiger partial charge in [-0.1, -0.05) is 98.3 Å². The predicted molar refractivity (Wildman–Crippen MR) is 143 cm³/mol. The molecule has 0 bridgehead atoms. The molecule has 3 heteroatoms. The summed E-state index contributed by atoms with van der Waals surface area (Å²) < 4.78 is 3.03. The smallest absolute Gasteiger partial charge is 0.0845 e. The van der Waals surface area contributed by atoms with Crippen LogP contribution in [0.3, 0.4) is 0 Å². The molecule has 0 N–H and O–H groups in total. The highest BCUT2D eigenvalue weighted by atomic mass is 31.2. The number of nitrogens with zero attached hydrogens (tertiary/aromatic N) is 1. The van der Waals surface area contributed by atoms with Gasteiger partial charge < -0.3 is 0 Å². The number of unbranched alkanes of at least 4 members (excludes halogenated alkanes) is 1. The molecule has 32 heavy (non-hydrogen) atoms. The fraction of sp³-hybridized carbons (Fsp3) is 0.345. The molecule has 1 unspecified atom stereocenters. The minimum absolute atomic E-state index is 0.309. The zero-order valence-corrected chi connectivity index (χ0v) is 21.0. The lowest BCUT2D eigenvalue weighted by Crippen LogP contribution is -2.27. The third-order valence-corrected chi connectivity index (χ3v) is 15.8. The van der Waals surface area contributed by atoms with Crippen molar-refractivity contribution >= 4 is 20.8 Å². The summed E-state index contributed by atoms with van der Waals surface area (Å²) in [6.45, 7) is 8.84. The minimum Gasteiger partial charge on any atom is -0.184 e. The highest BCUT2D eigenvalue weighted by Gasteiger charge is 2.55. The van der Waals surface area contributed by atoms with E-state index in [-0.39, 0.29) is 8.07 Å². The zero-order valence-electron chi connectivity index (χ0n) is 19.2. The van der Waals surface area contributed by atoms with Gasteiger partial charge in [0.15, 0.2) is 0 Å². The van der Waals surface area contributed by atoms with Crippen molar-refractivity contribution in [2.75, 3.05) is 12.7 Å². The molecule has 2 heterocycles. The third kappa shape index (κ3) is 3.98. The van der Waals surface area contributed by atoms with Crippen molar-refractivity contribution in [1.82, 2.24) is 4.44 Å². The van der Waals surface area contributed by atoms with E-state index in [1.54, 1.807) is 10.9 Å². The molecule has 5 rings (SSSR count). The quantitative estimate of drug-likeness (QED) is 0.253. The molecule has 2 aliphatic rings. The van der Waals surface area contributed by atoms with Gasteiger partial charge in [-0.25, -0.2) is 0 Å². The van der Waals surface area contributed by atoms with Gasteiger partial charge in [0.25, 0.3) is 0 Å². The number of hydrogen-bond acceptors (Lipinski definition) is 1. The van der Waals surface area contributed by atoms with Gasteiger partial charge in [-0.3, -0.25) is 0 Å². The second-order valence-electron chi connectivity index (χ2n) is 9.27. The van der Waals surface area contributed by atoms with Crippen LogP contribution in [0.5, 0.6) is 0 Å². The minimum atomic E-state index is -1.72. The van der Waals surface area contributed by atoms with Crippen LogP contribution in [-0.2, 0) is 6.42 Å². The Balaban J connectivity index is 1.63. The first-order chi connectivity index (χ1) is 15.7. The molecule has 3 aromatic carbocycles. The lowest BCUT2D eigenvalue weighted by molar-refractivity contribution is 0.622. The van der Waals surface area contributed by atoms with E-state index < -0.39 is 7.41 Å². The van der Waals surface area contributed by atoms with Crippen molar-refractivity contribution in [2.45, 2.75) is 50.3 Å². The Bertz CT molecular complexity index is 972. The molecule has 1 fully saturated rings. The number of aryl methyl sites for hydroxylation is 1. The van der Waals surface area contributed by atoms with Crippen molar-refractivity contribution in [3.05, 3.63) is 108 Å². The maximum atomic E-state index is 5.31. The summed E-state index contributed by atoms with van der Waals surface area (Å²) in [5.41, 5.74) is 5.75. The Hall–Kier alpha value is -1.52. The number of fused-ring (bicyclic) bond motifs is 1. The lowest BCUT2D eigenvalue weighted by atomic mass is 10.0. The Kier molecular flexibility index (Phi) is 6.80. The van der Waals surface area contributed by atoms with Crippen molar-refractivity contribution in [1.29, 1.82) is 0 Å². The molecule has 0 radical (unpaired) electrons. The maximum absolute atomic E-state index is 5.31. The van der Waals surface area contributed by atoms with Gasteiger partial charge >= 0.3 is 0 Å². The topological polar surface area (TPSA) is 3.24 Å². The van der Waals surface area contributed by atoms with Gasteiger partial charge in [0.2, 0.25) is 0 Å². The van der Waals surface area contributed by atoms with Crippen LogP contribution in [0.1, 0.15) is 60.6 Å². The van der Waals surface area contributed by atoms with E-state index in [4.69, 9.17) is 6.66 Å². The molecule has 1 nitrogen and oxygen atoms in total. The van der Waals surface area contributed by atoms with E-state index in [0.29, 0.717) is 11.3 Å². The monoisotopic (exact) mass is 459 g/mol. The number of rotatable bonds is 7. The van der Waals surface area contributed by atoms with Crippen LogP contribution < -0.4 is 5.30 Å². The summed E-state index contributed by atoms with van der Waals surface area (Å²) in [5, 5.41) is 1.63. The molecule has 0 aromatic heterocycles. The van der Waals surface area contributed by atoms with Crippen LogP contribution in [-0.4, -0.2) is 17.1 Å². The summed E-state index contributed by atoms with van der Waals surface area (Å²) in [4.78, 5) is 0. The highest BCUT2D eigenvalue weighted by molar-refractivity contribution is 7.85. The van der Waals surface area contributed by atoms with Gasteiger partial charge in [0.05, 0.1) is 11.3 Å². The van der Waals surface area contributed by atoms with Gasteiger partial charge in [0.1, 0.15) is 0 Å². The van der Waals surface area contributed by atoms with E-state index in [0.717, 1.165) is 0 Å². The molecule has 0 spiro atoms. The molecule has 3 atom stereocenters. The second-order valence-corrected chi connectivity index (χ2v) is 15.3. The molecule has 0 amide bonds. The molecule has 166 valence electrons. The standard InChI is InChI=1S/C29H35NP2/c1-3-4-22-30(31-23-21-24-13-11-12-18-27(24)31)32(2)28(25-14-7-5-8-15-25)19-20-29(32)26-16-9-6-10-17-26/h5-18,28-29H,2-4,19-23H2,1H3/t28-,29-,31?/m0/s1. The van der Waals surface area contributed by atoms with Gasteiger partial charge in [0, 0.05) is 14.6 Å². The fourth-order valence-electron chi connectivity index (χ4n) is 5.87. The Labute approximate surface area is 196 Å². The SMILES string of the molecule is [CH2-][P+]1(N(CCCC)P2CCc3ccccc32)[C@H](c2ccccc2)CC[C@H]1c1ccccc1. The average molecular weight is 460 g/mol. The summed E-state index contributed by atoms with van der Waals surface area (Å²) in [6.07, 6.45) is 7.56. The van der Waals surface area contributed by atoms with E-state index in [9.17, 15) is 0 Å². The Morgan fingerprint density at radius 2 is 1.41 bits per heavy atom.